The fourth-order valence-electron chi connectivity index (χ4n) is 1.54. The zero-order valence-electron chi connectivity index (χ0n) is 11.8. The van der Waals surface area contributed by atoms with Crippen LogP contribution < -0.4 is 5.48 Å². The maximum atomic E-state index is 11.7. The number of carbonyl (C=O) groups is 1. The third-order valence-electron chi connectivity index (χ3n) is 2.71. The van der Waals surface area contributed by atoms with Gasteiger partial charge >= 0.3 is 5.91 Å². The summed E-state index contributed by atoms with van der Waals surface area (Å²) in [6, 6.07) is 3.45. The highest BCUT2D eigenvalue weighted by Crippen LogP contribution is 2.10. The van der Waals surface area contributed by atoms with Crippen LogP contribution in [0.5, 0.6) is 0 Å². The Kier molecular flexibility index (Phi) is 7.17. The third kappa shape index (κ3) is 5.42. The largest absolute Gasteiger partial charge is 0.454 e. The van der Waals surface area contributed by atoms with Crippen molar-refractivity contribution in [3.05, 3.63) is 23.7 Å². The lowest BCUT2D eigenvalue weighted by atomic mass is 10.4. The molecule has 0 saturated carbocycles. The Hall–Kier alpha value is -1.37. The number of methoxy groups -OCH3 is 1. The molecule has 6 heteroatoms. The molecule has 6 nitrogen and oxygen atoms in total. The molecule has 0 aliphatic rings. The molecule has 0 radical (unpaired) electrons. The van der Waals surface area contributed by atoms with Crippen molar-refractivity contribution in [2.45, 2.75) is 20.4 Å². The number of nitrogens with zero attached hydrogens (tertiary/aromatic N) is 1. The molecule has 0 bridgehead atoms. The van der Waals surface area contributed by atoms with Gasteiger partial charge in [0.05, 0.1) is 19.8 Å². The molecule has 0 unspecified atom stereocenters. The molecule has 108 valence electrons. The van der Waals surface area contributed by atoms with Crippen molar-refractivity contribution < 1.29 is 18.8 Å². The number of amides is 1. The molecule has 0 saturated heterocycles. The van der Waals surface area contributed by atoms with Gasteiger partial charge in [-0.15, -0.1) is 0 Å². The van der Waals surface area contributed by atoms with Crippen LogP contribution in [0.1, 0.15) is 30.2 Å². The van der Waals surface area contributed by atoms with Gasteiger partial charge in [-0.3, -0.25) is 14.5 Å². The Bertz CT molecular complexity index is 374. The highest BCUT2D eigenvalue weighted by atomic mass is 16.7. The maximum absolute atomic E-state index is 11.7. The van der Waals surface area contributed by atoms with Gasteiger partial charge in [0.1, 0.15) is 5.76 Å². The molecule has 0 aromatic carbocycles. The first-order valence-corrected chi connectivity index (χ1v) is 6.43. The van der Waals surface area contributed by atoms with E-state index in [4.69, 9.17) is 14.0 Å². The first kappa shape index (κ1) is 15.7. The summed E-state index contributed by atoms with van der Waals surface area (Å²) in [4.78, 5) is 18.8. The van der Waals surface area contributed by atoms with E-state index in [2.05, 4.69) is 24.2 Å². The van der Waals surface area contributed by atoms with E-state index in [-0.39, 0.29) is 11.7 Å². The number of hydroxylamine groups is 1. The Balaban J connectivity index is 2.42. The van der Waals surface area contributed by atoms with Gasteiger partial charge in [-0.2, -0.15) is 0 Å². The molecule has 19 heavy (non-hydrogen) atoms. The van der Waals surface area contributed by atoms with Crippen LogP contribution in [0.3, 0.4) is 0 Å². The molecule has 1 aromatic rings. The predicted molar refractivity (Wildman–Crippen MR) is 70.6 cm³/mol. The van der Waals surface area contributed by atoms with Gasteiger partial charge in [0.2, 0.25) is 0 Å². The number of hydrogen-bond donors (Lipinski definition) is 1. The molecule has 1 rings (SSSR count). The second kappa shape index (κ2) is 8.68. The lowest BCUT2D eigenvalue weighted by molar-refractivity contribution is 0.00720. The minimum Gasteiger partial charge on any atom is -0.454 e. The summed E-state index contributed by atoms with van der Waals surface area (Å²) in [5, 5.41) is 0. The second-order valence-electron chi connectivity index (χ2n) is 4.00. The Labute approximate surface area is 113 Å². The highest BCUT2D eigenvalue weighted by molar-refractivity contribution is 5.90. The van der Waals surface area contributed by atoms with Gasteiger partial charge in [0.25, 0.3) is 0 Å². The normalized spacial score (nSPS) is 10.9. The van der Waals surface area contributed by atoms with E-state index in [1.165, 1.54) is 0 Å². The van der Waals surface area contributed by atoms with Crippen molar-refractivity contribution in [2.75, 3.05) is 33.4 Å². The number of rotatable bonds is 9. The predicted octanol–water partition coefficient (Wildman–Crippen LogP) is 1.43. The van der Waals surface area contributed by atoms with E-state index < -0.39 is 0 Å². The molecule has 0 fully saturated rings. The maximum Gasteiger partial charge on any atom is 0.310 e. The van der Waals surface area contributed by atoms with E-state index in [9.17, 15) is 4.79 Å². The van der Waals surface area contributed by atoms with Gasteiger partial charge in [0, 0.05) is 7.11 Å². The summed E-state index contributed by atoms with van der Waals surface area (Å²) in [5.41, 5.74) is 2.30. The molecule has 0 aliphatic heterocycles. The monoisotopic (exact) mass is 270 g/mol. The molecule has 1 aromatic heterocycles. The fourth-order valence-corrected chi connectivity index (χ4v) is 1.54. The van der Waals surface area contributed by atoms with Gasteiger partial charge in [-0.1, -0.05) is 13.8 Å². The molecule has 0 spiro atoms. The van der Waals surface area contributed by atoms with Gasteiger partial charge < -0.3 is 9.15 Å². The van der Waals surface area contributed by atoms with Crippen molar-refractivity contribution in [1.29, 1.82) is 0 Å². The summed E-state index contributed by atoms with van der Waals surface area (Å²) in [7, 11) is 1.57. The van der Waals surface area contributed by atoms with Crippen LogP contribution in [-0.2, 0) is 16.1 Å². The summed E-state index contributed by atoms with van der Waals surface area (Å²) >= 11 is 0. The minimum absolute atomic E-state index is 0.250. The fraction of sp³-hybridized carbons (Fsp3) is 0.615. The minimum atomic E-state index is -0.387. The van der Waals surface area contributed by atoms with Crippen LogP contribution in [0.4, 0.5) is 0 Å². The SMILES string of the molecule is CCN(CC)Cc1ccc(C(=O)NOCCOC)o1. The molecular weight excluding hydrogens is 248 g/mol. The van der Waals surface area contributed by atoms with Crippen LogP contribution in [0.25, 0.3) is 0 Å². The van der Waals surface area contributed by atoms with Crippen molar-refractivity contribution in [3.63, 3.8) is 0 Å². The number of carbonyl (C=O) groups excluding carboxylic acids is 1. The lowest BCUT2D eigenvalue weighted by Crippen LogP contribution is -2.25. The number of hydrogen-bond acceptors (Lipinski definition) is 5. The Morgan fingerprint density at radius 1 is 1.32 bits per heavy atom. The van der Waals surface area contributed by atoms with Gasteiger partial charge in [-0.05, 0) is 25.2 Å². The van der Waals surface area contributed by atoms with Crippen LogP contribution >= 0.6 is 0 Å². The topological polar surface area (TPSA) is 63.9 Å². The smallest absolute Gasteiger partial charge is 0.310 e. The Morgan fingerprint density at radius 3 is 2.68 bits per heavy atom. The quantitative estimate of drug-likeness (QED) is 0.543. The van der Waals surface area contributed by atoms with Crippen molar-refractivity contribution in [2.24, 2.45) is 0 Å². The molecular formula is C13H22N2O4. The summed E-state index contributed by atoms with van der Waals surface area (Å²) < 4.78 is 10.3. The number of nitrogens with one attached hydrogen (secondary N) is 1. The van der Waals surface area contributed by atoms with Crippen molar-refractivity contribution in [1.82, 2.24) is 10.4 Å². The summed E-state index contributed by atoms with van der Waals surface area (Å²) in [6.45, 7) is 7.48. The molecule has 1 N–H and O–H groups in total. The second-order valence-corrected chi connectivity index (χ2v) is 4.00. The van der Waals surface area contributed by atoms with Crippen molar-refractivity contribution >= 4 is 5.91 Å². The van der Waals surface area contributed by atoms with E-state index in [1.54, 1.807) is 13.2 Å². The number of furan rings is 1. The number of ether oxygens (including phenoxy) is 1. The zero-order chi connectivity index (χ0) is 14.1. The first-order chi connectivity index (χ1) is 9.21. The molecule has 0 atom stereocenters. The summed E-state index contributed by atoms with van der Waals surface area (Å²) in [6.07, 6.45) is 0. The van der Waals surface area contributed by atoms with Crippen LogP contribution in [0.15, 0.2) is 16.5 Å². The lowest BCUT2D eigenvalue weighted by Gasteiger charge is -2.15. The van der Waals surface area contributed by atoms with Crippen LogP contribution in [0.2, 0.25) is 0 Å². The van der Waals surface area contributed by atoms with E-state index in [0.717, 1.165) is 18.8 Å². The Morgan fingerprint density at radius 2 is 2.05 bits per heavy atom. The summed E-state index contributed by atoms with van der Waals surface area (Å²) in [5.74, 6) is 0.632. The molecule has 1 heterocycles. The highest BCUT2D eigenvalue weighted by Gasteiger charge is 2.12. The van der Waals surface area contributed by atoms with E-state index >= 15 is 0 Å². The molecule has 1 amide bonds. The average Bonchev–Trinajstić information content (AvgIpc) is 2.89. The molecule has 0 aliphatic carbocycles. The van der Waals surface area contributed by atoms with Crippen molar-refractivity contribution in [3.8, 4) is 0 Å². The zero-order valence-corrected chi connectivity index (χ0v) is 11.8. The van der Waals surface area contributed by atoms with Gasteiger partial charge in [0.15, 0.2) is 5.76 Å². The van der Waals surface area contributed by atoms with E-state index in [1.807, 2.05) is 6.07 Å². The van der Waals surface area contributed by atoms with E-state index in [0.29, 0.717) is 19.8 Å². The standard InChI is InChI=1S/C13H22N2O4/c1-4-15(5-2)10-11-6-7-12(19-11)13(16)14-18-9-8-17-3/h6-7H,4-5,8-10H2,1-3H3,(H,14,16). The third-order valence-corrected chi connectivity index (χ3v) is 2.71. The first-order valence-electron chi connectivity index (χ1n) is 6.43. The average molecular weight is 270 g/mol. The van der Waals surface area contributed by atoms with Gasteiger partial charge in [-0.25, -0.2) is 5.48 Å². The van der Waals surface area contributed by atoms with Crippen LogP contribution in [0, 0.1) is 0 Å². The van der Waals surface area contributed by atoms with Crippen LogP contribution in [-0.4, -0.2) is 44.2 Å².